The molecule has 0 saturated carbocycles. The first-order valence-corrected chi connectivity index (χ1v) is 21.1. The van der Waals surface area contributed by atoms with E-state index in [4.69, 9.17) is 40.0 Å². The molecule has 16 nitrogen and oxygen atoms in total. The van der Waals surface area contributed by atoms with Crippen molar-refractivity contribution in [3.8, 4) is 11.5 Å². The molecule has 0 spiro atoms. The van der Waals surface area contributed by atoms with Gasteiger partial charge in [0.05, 0.1) is 33.8 Å². The highest BCUT2D eigenvalue weighted by molar-refractivity contribution is 8.09. The van der Waals surface area contributed by atoms with E-state index in [0.29, 0.717) is 10.6 Å². The Bertz CT molecular complexity index is 2250. The molecule has 0 unspecified atom stereocenters. The Hall–Kier alpha value is -3.64. The van der Waals surface area contributed by atoms with Crippen molar-refractivity contribution in [2.45, 2.75) is 68.0 Å². The molecule has 4 N–H and O–H groups in total. The summed E-state index contributed by atoms with van der Waals surface area (Å²) in [7, 11) is -14.0. The normalized spacial score (nSPS) is 10.6. The summed E-state index contributed by atoms with van der Waals surface area (Å²) in [4.78, 5) is -0.233. The van der Waals surface area contributed by atoms with Gasteiger partial charge in [-0.15, -0.1) is 0 Å². The third-order valence-corrected chi connectivity index (χ3v) is 10.2. The van der Waals surface area contributed by atoms with Crippen LogP contribution in [0.4, 0.5) is 0 Å². The van der Waals surface area contributed by atoms with Gasteiger partial charge in [0, 0.05) is 10.7 Å². The topological polar surface area (TPSA) is 270 Å². The third-order valence-electron chi connectivity index (χ3n) is 5.76. The number of benzene rings is 4. The second-order valence-electron chi connectivity index (χ2n) is 9.46. The van der Waals surface area contributed by atoms with Crippen LogP contribution in [0.1, 0.15) is 40.8 Å². The fraction of sp³-hybridized carbons (Fsp3) is 0.242. The maximum absolute atomic E-state index is 12.5. The van der Waals surface area contributed by atoms with Crippen LogP contribution in [0.25, 0.3) is 0 Å². The molecule has 0 radical (unpaired) electrons. The first-order valence-electron chi connectivity index (χ1n) is 13.0. The minimum atomic E-state index is -4.67. The van der Waals surface area contributed by atoms with E-state index in [9.17, 15) is 29.8 Å². The Labute approximate surface area is 331 Å². The van der Waals surface area contributed by atoms with E-state index in [2.05, 4.69) is 10.7 Å². The van der Waals surface area contributed by atoms with Gasteiger partial charge in [0.2, 0.25) is 19.7 Å². The zero-order chi connectivity index (χ0) is 38.7. The smallest absolute Gasteiger partial charge is 0.394 e. The summed E-state index contributed by atoms with van der Waals surface area (Å²) in [5.41, 5.74) is 1.93. The molecule has 4 aromatic rings. The number of halogens is 1. The molecule has 4 aromatic carbocycles. The summed E-state index contributed by atoms with van der Waals surface area (Å²) in [6.45, 7) is 3.74. The summed E-state index contributed by atoms with van der Waals surface area (Å²) >= 11 is 0. The largest absolute Gasteiger partial charge is 0.497 e. The van der Waals surface area contributed by atoms with Crippen molar-refractivity contribution in [2.75, 3.05) is 14.2 Å². The highest BCUT2D eigenvalue weighted by atomic mass is 35.7. The number of hydrogen-bond acceptors (Lipinski definition) is 12. The monoisotopic (exact) mass is 897 g/mol. The van der Waals surface area contributed by atoms with Gasteiger partial charge in [0.1, 0.15) is 16.4 Å². The minimum absolute atomic E-state index is 0. The van der Waals surface area contributed by atoms with Crippen LogP contribution < -0.4 is 9.47 Å². The van der Waals surface area contributed by atoms with Gasteiger partial charge in [-0.1, -0.05) is 65.1 Å². The van der Waals surface area contributed by atoms with Crippen LogP contribution in [-0.4, -0.2) is 74.5 Å². The number of sulfone groups is 2. The molecule has 0 saturated heterocycles. The first-order chi connectivity index (χ1) is 22.7. The number of rotatable bonds is 7. The minimum Gasteiger partial charge on any atom is -0.497 e. The van der Waals surface area contributed by atoms with Gasteiger partial charge < -0.3 is 16.9 Å². The van der Waals surface area contributed by atoms with Gasteiger partial charge in [-0.3, -0.25) is 18.2 Å². The van der Waals surface area contributed by atoms with Gasteiger partial charge in [-0.05, 0) is 80.6 Å². The lowest BCUT2D eigenvalue weighted by Gasteiger charge is -2.09. The Morgan fingerprint density at radius 1 is 0.491 bits per heavy atom. The lowest BCUT2D eigenvalue weighted by Crippen LogP contribution is -2.06. The molecule has 0 bridgehead atoms. The molecule has 316 valence electrons. The van der Waals surface area contributed by atoms with Crippen LogP contribution in [0.5, 0.6) is 11.5 Å². The lowest BCUT2D eigenvalue weighted by atomic mass is 10.2. The highest BCUT2D eigenvalue weighted by Gasteiger charge is 2.24. The zero-order valence-electron chi connectivity index (χ0n) is 27.3. The second kappa shape index (κ2) is 24.8. The van der Waals surface area contributed by atoms with E-state index in [-0.39, 0.29) is 57.6 Å². The first kappa shape index (κ1) is 60.6. The number of hydrogen-bond donors (Lipinski definition) is 4. The summed E-state index contributed by atoms with van der Waals surface area (Å²) in [6.07, 6.45) is 0. The Morgan fingerprint density at radius 3 is 1.04 bits per heavy atom. The molecule has 0 fully saturated rings. The Kier molecular flexibility index (Phi) is 27.3. The Morgan fingerprint density at radius 2 is 0.764 bits per heavy atom. The van der Waals surface area contributed by atoms with Crippen molar-refractivity contribution in [2.24, 2.45) is 0 Å². The molecule has 0 aromatic heterocycles. The van der Waals surface area contributed by atoms with E-state index in [0.717, 1.165) is 17.2 Å². The van der Waals surface area contributed by atoms with Crippen LogP contribution in [0.15, 0.2) is 115 Å². The number of methoxy groups -OCH3 is 2. The van der Waals surface area contributed by atoms with E-state index in [1.165, 1.54) is 31.4 Å². The van der Waals surface area contributed by atoms with Gasteiger partial charge >= 0.3 is 19.7 Å². The lowest BCUT2D eigenvalue weighted by molar-refractivity contribution is 0.380. The molecule has 4 rings (SSSR count). The predicted octanol–water partition coefficient (Wildman–Crippen LogP) is 7.29. The SMILES string of the molecule is C.C.C.C.COc1ccc(S(=O)(=O)c2ccc(C)cc2)cc1.COc1ccc(S(=O)(=O)c2ccc(C)cc2)cc1S(=O)(=O)O.O=S(=O)(O)Cl.O=S(=O)(O)O.[CH3-]. The molecule has 0 aliphatic carbocycles. The van der Waals surface area contributed by atoms with Crippen LogP contribution >= 0.6 is 10.7 Å². The van der Waals surface area contributed by atoms with Crippen molar-refractivity contribution in [1.29, 1.82) is 0 Å². The van der Waals surface area contributed by atoms with Gasteiger partial charge in [-0.2, -0.15) is 25.3 Å². The average Bonchev–Trinajstić information content (AvgIpc) is 2.99. The van der Waals surface area contributed by atoms with E-state index in [1.54, 1.807) is 67.8 Å². The van der Waals surface area contributed by atoms with E-state index in [1.807, 2.05) is 13.8 Å². The van der Waals surface area contributed by atoms with Gasteiger partial charge in [0.25, 0.3) is 10.1 Å². The molecule has 0 heterocycles. The van der Waals surface area contributed by atoms with E-state index >= 15 is 0 Å². The zero-order valence-corrected chi connectivity index (χ0v) is 32.1. The van der Waals surface area contributed by atoms with Crippen molar-refractivity contribution in [1.82, 2.24) is 0 Å². The molecule has 55 heavy (non-hydrogen) atoms. The molecule has 0 atom stereocenters. The van der Waals surface area contributed by atoms with Crippen LogP contribution in [-0.2, 0) is 49.5 Å². The molecule has 0 aliphatic heterocycles. The molecule has 22 heteroatoms. The molecular weight excluding hydrogens is 848 g/mol. The van der Waals surface area contributed by atoms with Crippen molar-refractivity contribution >= 4 is 60.2 Å². The Balaban J connectivity index is -0.000000228. The van der Waals surface area contributed by atoms with Gasteiger partial charge in [0.15, 0.2) is 0 Å². The maximum Gasteiger partial charge on any atom is 0.394 e. The predicted molar refractivity (Wildman–Crippen MR) is 214 cm³/mol. The van der Waals surface area contributed by atoms with Crippen LogP contribution in [0, 0.1) is 21.3 Å². The van der Waals surface area contributed by atoms with Gasteiger partial charge in [-0.25, -0.2) is 16.8 Å². The van der Waals surface area contributed by atoms with Crippen LogP contribution in [0.3, 0.4) is 0 Å². The summed E-state index contributed by atoms with van der Waals surface area (Å²) < 4.78 is 148. The fourth-order valence-electron chi connectivity index (χ4n) is 3.49. The van der Waals surface area contributed by atoms with E-state index < -0.39 is 54.4 Å². The average molecular weight is 899 g/mol. The number of ether oxygens (including phenoxy) is 2. The molecule has 0 aliphatic rings. The third kappa shape index (κ3) is 21.9. The fourth-order valence-corrected chi connectivity index (χ4v) is 6.79. The van der Waals surface area contributed by atoms with Crippen molar-refractivity contribution in [3.63, 3.8) is 0 Å². The standard InChI is InChI=1S/C14H14O6S2.C14H14O3S.4CH4.CH3.ClHO3S.H2O4S/c1-10-3-5-11(6-4-10)21(15,16)12-7-8-13(20-2)14(9-12)22(17,18)19;1-11-3-7-13(8-4-11)18(15,16)14-9-5-12(17-2)6-10-14;;;;;;2*1-5(2,3)4/h3-9H,1-2H3,(H,17,18,19);3-10H,1-2H3;4*1H4;1H3;(H,2,3,4);(H2,1,2,3,4)/q;;;;;;-1;;. The summed E-state index contributed by atoms with van der Waals surface area (Å²) in [5, 5.41) is 0. The van der Waals surface area contributed by atoms with Crippen LogP contribution in [0.2, 0.25) is 0 Å². The summed E-state index contributed by atoms with van der Waals surface area (Å²) in [5.74, 6) is 0.503. The quantitative estimate of drug-likeness (QED) is 0.0805. The van der Waals surface area contributed by atoms with Crippen molar-refractivity contribution in [3.05, 3.63) is 110 Å². The maximum atomic E-state index is 12.5. The van der Waals surface area contributed by atoms with Crippen molar-refractivity contribution < 1.29 is 69.8 Å². The number of aryl methyl sites for hydroxylation is 2. The highest BCUT2D eigenvalue weighted by Crippen LogP contribution is 2.30. The molecular formula is C33H50ClO16S5-. The second-order valence-corrected chi connectivity index (χ2v) is 17.6. The summed E-state index contributed by atoms with van der Waals surface area (Å²) in [6, 6.07) is 22.6. The molecule has 0 amide bonds.